The number of thiocarbonyl (C=S) groups is 1. The van der Waals surface area contributed by atoms with Gasteiger partial charge in [0.15, 0.2) is 0 Å². The first-order chi connectivity index (χ1) is 8.16. The normalized spacial score (nSPS) is 9.94. The lowest BCUT2D eigenvalue weighted by Crippen LogP contribution is -2.13. The molecule has 6 heteroatoms. The summed E-state index contributed by atoms with van der Waals surface area (Å²) in [5.41, 5.74) is 7.77. The molecule has 0 aliphatic carbocycles. The summed E-state index contributed by atoms with van der Waals surface area (Å²) in [6, 6.07) is 5.41. The number of nitrogens with one attached hydrogen (secondary N) is 1. The minimum Gasteiger partial charge on any atom is -0.388 e. The molecule has 2 heterocycles. The predicted molar refractivity (Wildman–Crippen MR) is 70.2 cm³/mol. The molecule has 5 nitrogen and oxygen atoms in total. The van der Waals surface area contributed by atoms with Gasteiger partial charge in [0.25, 0.3) is 0 Å². The van der Waals surface area contributed by atoms with E-state index in [0.717, 1.165) is 11.4 Å². The van der Waals surface area contributed by atoms with E-state index in [1.165, 1.54) is 0 Å². The van der Waals surface area contributed by atoms with E-state index in [-0.39, 0.29) is 4.99 Å². The average Bonchev–Trinajstić information content (AvgIpc) is 2.32. The van der Waals surface area contributed by atoms with Gasteiger partial charge in [-0.05, 0) is 25.1 Å². The average molecular weight is 245 g/mol. The van der Waals surface area contributed by atoms with Crippen molar-refractivity contribution in [2.45, 2.75) is 6.92 Å². The van der Waals surface area contributed by atoms with Crippen LogP contribution in [-0.4, -0.2) is 19.9 Å². The maximum atomic E-state index is 5.51. The van der Waals surface area contributed by atoms with Gasteiger partial charge in [0.05, 0.1) is 11.4 Å². The van der Waals surface area contributed by atoms with E-state index in [1.807, 2.05) is 19.1 Å². The van der Waals surface area contributed by atoms with Crippen LogP contribution in [0.3, 0.4) is 0 Å². The van der Waals surface area contributed by atoms with E-state index >= 15 is 0 Å². The van der Waals surface area contributed by atoms with Crippen molar-refractivity contribution in [3.63, 3.8) is 0 Å². The zero-order valence-electron chi connectivity index (χ0n) is 9.21. The summed E-state index contributed by atoms with van der Waals surface area (Å²) < 4.78 is 0. The Labute approximate surface area is 104 Å². The molecule has 0 bridgehead atoms. The van der Waals surface area contributed by atoms with E-state index in [2.05, 4.69) is 20.3 Å². The third kappa shape index (κ3) is 2.73. The number of pyridine rings is 1. The summed E-state index contributed by atoms with van der Waals surface area (Å²) in [5.74, 6) is 0.450. The standard InChI is InChI=1S/C11H11N5S/c1-7-8(3-2-5-13-7)15-11-14-6-4-9(16-11)10(12)17/h2-6H,1H3,(H2,12,17)(H,14,15,16). The zero-order valence-corrected chi connectivity index (χ0v) is 10.0. The Bertz CT molecular complexity index is 555. The summed E-state index contributed by atoms with van der Waals surface area (Å²) in [4.78, 5) is 12.7. The van der Waals surface area contributed by atoms with Crippen LogP contribution >= 0.6 is 12.2 Å². The lowest BCUT2D eigenvalue weighted by atomic mass is 10.3. The highest BCUT2D eigenvalue weighted by Crippen LogP contribution is 2.15. The number of aryl methyl sites for hydroxylation is 1. The Balaban J connectivity index is 2.28. The third-order valence-electron chi connectivity index (χ3n) is 2.16. The topological polar surface area (TPSA) is 76.7 Å². The monoisotopic (exact) mass is 245 g/mol. The molecule has 2 aromatic heterocycles. The van der Waals surface area contributed by atoms with Gasteiger partial charge in [-0.2, -0.15) is 0 Å². The van der Waals surface area contributed by atoms with Gasteiger partial charge in [-0.15, -0.1) is 0 Å². The second-order valence-electron chi connectivity index (χ2n) is 3.39. The summed E-state index contributed by atoms with van der Waals surface area (Å²) in [6.45, 7) is 1.90. The van der Waals surface area contributed by atoms with E-state index in [9.17, 15) is 0 Å². The second-order valence-corrected chi connectivity index (χ2v) is 3.83. The molecule has 0 spiro atoms. The minimum atomic E-state index is 0.248. The highest BCUT2D eigenvalue weighted by Gasteiger charge is 2.03. The van der Waals surface area contributed by atoms with Crippen molar-refractivity contribution in [3.05, 3.63) is 42.0 Å². The van der Waals surface area contributed by atoms with Crippen molar-refractivity contribution in [1.82, 2.24) is 15.0 Å². The summed E-state index contributed by atoms with van der Waals surface area (Å²) >= 11 is 4.86. The van der Waals surface area contributed by atoms with E-state index in [0.29, 0.717) is 11.6 Å². The number of nitrogens with zero attached hydrogens (tertiary/aromatic N) is 3. The smallest absolute Gasteiger partial charge is 0.227 e. The summed E-state index contributed by atoms with van der Waals surface area (Å²) in [6.07, 6.45) is 3.34. The van der Waals surface area contributed by atoms with Gasteiger partial charge in [-0.25, -0.2) is 9.97 Å². The first-order valence-electron chi connectivity index (χ1n) is 4.98. The SMILES string of the molecule is Cc1ncccc1Nc1nccc(C(N)=S)n1. The van der Waals surface area contributed by atoms with Crippen LogP contribution in [0.1, 0.15) is 11.4 Å². The van der Waals surface area contributed by atoms with E-state index in [1.54, 1.807) is 18.5 Å². The van der Waals surface area contributed by atoms with Crippen molar-refractivity contribution in [1.29, 1.82) is 0 Å². The highest BCUT2D eigenvalue weighted by atomic mass is 32.1. The molecule has 0 aromatic carbocycles. The Morgan fingerprint density at radius 2 is 2.12 bits per heavy atom. The molecule has 0 radical (unpaired) electrons. The van der Waals surface area contributed by atoms with Gasteiger partial charge in [-0.1, -0.05) is 12.2 Å². The molecule has 0 saturated heterocycles. The molecule has 0 aliphatic rings. The number of anilines is 2. The first kappa shape index (κ1) is 11.4. The van der Waals surface area contributed by atoms with Gasteiger partial charge in [0.2, 0.25) is 5.95 Å². The molecule has 17 heavy (non-hydrogen) atoms. The van der Waals surface area contributed by atoms with Crippen LogP contribution < -0.4 is 11.1 Å². The number of hydrogen-bond acceptors (Lipinski definition) is 5. The Hall–Kier alpha value is -2.08. The third-order valence-corrected chi connectivity index (χ3v) is 2.37. The molecule has 2 aromatic rings. The van der Waals surface area contributed by atoms with Crippen molar-refractivity contribution in [3.8, 4) is 0 Å². The largest absolute Gasteiger partial charge is 0.388 e. The number of rotatable bonds is 3. The maximum Gasteiger partial charge on any atom is 0.227 e. The van der Waals surface area contributed by atoms with Crippen LogP contribution in [0.4, 0.5) is 11.6 Å². The molecule has 0 saturated carbocycles. The summed E-state index contributed by atoms with van der Waals surface area (Å²) in [7, 11) is 0. The molecule has 0 unspecified atom stereocenters. The first-order valence-corrected chi connectivity index (χ1v) is 5.39. The molecule has 0 aliphatic heterocycles. The Morgan fingerprint density at radius 1 is 1.29 bits per heavy atom. The van der Waals surface area contributed by atoms with Crippen LogP contribution in [0.15, 0.2) is 30.6 Å². The zero-order chi connectivity index (χ0) is 12.3. The minimum absolute atomic E-state index is 0.248. The number of nitrogens with two attached hydrogens (primary N) is 1. The van der Waals surface area contributed by atoms with Gasteiger partial charge in [0.1, 0.15) is 10.7 Å². The lowest BCUT2D eigenvalue weighted by Gasteiger charge is -2.07. The van der Waals surface area contributed by atoms with Crippen LogP contribution in [0.5, 0.6) is 0 Å². The fraction of sp³-hybridized carbons (Fsp3) is 0.0909. The molecule has 86 valence electrons. The second kappa shape index (κ2) is 4.84. The molecular weight excluding hydrogens is 234 g/mol. The van der Waals surface area contributed by atoms with Gasteiger partial charge < -0.3 is 11.1 Å². The van der Waals surface area contributed by atoms with Gasteiger partial charge >= 0.3 is 0 Å². The Morgan fingerprint density at radius 3 is 2.82 bits per heavy atom. The number of hydrogen-bond donors (Lipinski definition) is 2. The molecule has 3 N–H and O–H groups in total. The van der Waals surface area contributed by atoms with Crippen molar-refractivity contribution < 1.29 is 0 Å². The fourth-order valence-corrected chi connectivity index (χ4v) is 1.41. The van der Waals surface area contributed by atoms with Crippen molar-refractivity contribution in [2.75, 3.05) is 5.32 Å². The molecule has 0 amide bonds. The summed E-state index contributed by atoms with van der Waals surface area (Å²) in [5, 5.41) is 3.07. The van der Waals surface area contributed by atoms with Crippen LogP contribution in [0.25, 0.3) is 0 Å². The van der Waals surface area contributed by atoms with Crippen LogP contribution in [0, 0.1) is 6.92 Å². The molecule has 2 rings (SSSR count). The Kier molecular flexibility index (Phi) is 3.24. The molecular formula is C11H11N5S. The van der Waals surface area contributed by atoms with Crippen LogP contribution in [-0.2, 0) is 0 Å². The van der Waals surface area contributed by atoms with E-state index < -0.39 is 0 Å². The predicted octanol–water partition coefficient (Wildman–Crippen LogP) is 1.56. The maximum absolute atomic E-state index is 5.51. The quantitative estimate of drug-likeness (QED) is 0.799. The van der Waals surface area contributed by atoms with Crippen molar-refractivity contribution in [2.24, 2.45) is 5.73 Å². The molecule has 0 atom stereocenters. The molecule has 0 fully saturated rings. The lowest BCUT2D eigenvalue weighted by molar-refractivity contribution is 1.13. The fourth-order valence-electron chi connectivity index (χ4n) is 1.29. The van der Waals surface area contributed by atoms with Gasteiger partial charge in [0, 0.05) is 12.4 Å². The highest BCUT2D eigenvalue weighted by molar-refractivity contribution is 7.80. The van der Waals surface area contributed by atoms with Crippen LogP contribution in [0.2, 0.25) is 0 Å². The van der Waals surface area contributed by atoms with Crippen molar-refractivity contribution >= 4 is 28.8 Å². The van der Waals surface area contributed by atoms with E-state index in [4.69, 9.17) is 18.0 Å². The van der Waals surface area contributed by atoms with Gasteiger partial charge in [-0.3, -0.25) is 4.98 Å². The number of aromatic nitrogens is 3.